The van der Waals surface area contributed by atoms with Crippen molar-refractivity contribution in [3.63, 3.8) is 0 Å². The number of aliphatic hydroxyl groups excluding tert-OH is 1. The second-order valence-electron chi connectivity index (χ2n) is 5.45. The molecule has 1 saturated carbocycles. The summed E-state index contributed by atoms with van der Waals surface area (Å²) < 4.78 is 0. The molecule has 0 saturated heterocycles. The zero-order valence-electron chi connectivity index (χ0n) is 9.84. The van der Waals surface area contributed by atoms with E-state index in [1.807, 2.05) is 0 Å². The number of rotatable bonds is 3. The smallest absolute Gasteiger partial charge is 0.0540 e. The van der Waals surface area contributed by atoms with Crippen LogP contribution in [0, 0.1) is 10.8 Å². The van der Waals surface area contributed by atoms with Crippen LogP contribution in [0.1, 0.15) is 52.9 Å². The number of nitrogens with two attached hydrogens (primary N) is 1. The fraction of sp³-hybridized carbons (Fsp3) is 1.00. The van der Waals surface area contributed by atoms with Gasteiger partial charge >= 0.3 is 0 Å². The molecule has 1 aliphatic carbocycles. The molecule has 0 radical (unpaired) electrons. The van der Waals surface area contributed by atoms with Gasteiger partial charge in [-0.25, -0.2) is 0 Å². The Morgan fingerprint density at radius 1 is 1.36 bits per heavy atom. The van der Waals surface area contributed by atoms with Crippen molar-refractivity contribution in [2.24, 2.45) is 16.6 Å². The highest BCUT2D eigenvalue weighted by atomic mass is 16.3. The summed E-state index contributed by atoms with van der Waals surface area (Å²) in [5.41, 5.74) is 6.54. The van der Waals surface area contributed by atoms with Gasteiger partial charge in [0.1, 0.15) is 0 Å². The lowest BCUT2D eigenvalue weighted by molar-refractivity contribution is -0.0135. The normalized spacial score (nSPS) is 34.5. The maximum Gasteiger partial charge on any atom is 0.0540 e. The van der Waals surface area contributed by atoms with Crippen LogP contribution in [0.4, 0.5) is 0 Å². The van der Waals surface area contributed by atoms with Gasteiger partial charge in [0, 0.05) is 0 Å². The Morgan fingerprint density at radius 2 is 1.86 bits per heavy atom. The van der Waals surface area contributed by atoms with Crippen LogP contribution in [-0.4, -0.2) is 17.8 Å². The molecule has 0 aromatic heterocycles. The van der Waals surface area contributed by atoms with Gasteiger partial charge in [0.2, 0.25) is 0 Å². The maximum absolute atomic E-state index is 9.53. The second-order valence-corrected chi connectivity index (χ2v) is 5.45. The van der Waals surface area contributed by atoms with Crippen LogP contribution in [0.2, 0.25) is 0 Å². The summed E-state index contributed by atoms with van der Waals surface area (Å²) in [6.45, 7) is 7.64. The van der Waals surface area contributed by atoms with Gasteiger partial charge in [-0.15, -0.1) is 0 Å². The summed E-state index contributed by atoms with van der Waals surface area (Å²) in [4.78, 5) is 0. The Kier molecular flexibility index (Phi) is 3.59. The third-order valence-corrected chi connectivity index (χ3v) is 4.62. The van der Waals surface area contributed by atoms with Gasteiger partial charge in [0.25, 0.3) is 0 Å². The molecule has 0 heterocycles. The van der Waals surface area contributed by atoms with Crippen LogP contribution in [0.25, 0.3) is 0 Å². The van der Waals surface area contributed by atoms with Crippen molar-refractivity contribution in [2.75, 3.05) is 6.54 Å². The highest BCUT2D eigenvalue weighted by Gasteiger charge is 2.44. The molecule has 14 heavy (non-hydrogen) atoms. The van der Waals surface area contributed by atoms with Crippen molar-refractivity contribution in [1.82, 2.24) is 0 Å². The first-order chi connectivity index (χ1) is 6.47. The van der Waals surface area contributed by atoms with Crippen LogP contribution in [0.15, 0.2) is 0 Å². The van der Waals surface area contributed by atoms with Gasteiger partial charge in [-0.2, -0.15) is 0 Å². The molecular weight excluding hydrogens is 174 g/mol. The third-order valence-electron chi connectivity index (χ3n) is 4.62. The Bertz CT molecular complexity index is 181. The van der Waals surface area contributed by atoms with E-state index in [-0.39, 0.29) is 11.5 Å². The third kappa shape index (κ3) is 1.96. The lowest BCUT2D eigenvalue weighted by atomic mass is 9.57. The molecule has 1 rings (SSSR count). The minimum Gasteiger partial charge on any atom is -0.393 e. The molecule has 2 heteroatoms. The van der Waals surface area contributed by atoms with Crippen LogP contribution in [0.5, 0.6) is 0 Å². The van der Waals surface area contributed by atoms with Crippen molar-refractivity contribution in [3.05, 3.63) is 0 Å². The van der Waals surface area contributed by atoms with Crippen LogP contribution in [-0.2, 0) is 0 Å². The fourth-order valence-corrected chi connectivity index (χ4v) is 2.69. The Morgan fingerprint density at radius 3 is 2.21 bits per heavy atom. The molecule has 0 unspecified atom stereocenters. The standard InChI is InChI=1S/C12H25NO/c1-4-11(2,3)12(9-13)7-5-10(14)6-8-12/h10,14H,4-9,13H2,1-3H3. The Labute approximate surface area is 87.9 Å². The Hall–Kier alpha value is -0.0800. The summed E-state index contributed by atoms with van der Waals surface area (Å²) in [6.07, 6.45) is 5.13. The summed E-state index contributed by atoms with van der Waals surface area (Å²) in [5, 5.41) is 9.53. The van der Waals surface area contributed by atoms with Gasteiger partial charge in [0.05, 0.1) is 6.10 Å². The molecule has 0 amide bonds. The van der Waals surface area contributed by atoms with Crippen LogP contribution in [0.3, 0.4) is 0 Å². The van der Waals surface area contributed by atoms with Crippen molar-refractivity contribution in [2.45, 2.75) is 59.0 Å². The first-order valence-electron chi connectivity index (χ1n) is 5.85. The summed E-state index contributed by atoms with van der Waals surface area (Å²) in [6, 6.07) is 0. The summed E-state index contributed by atoms with van der Waals surface area (Å²) in [7, 11) is 0. The van der Waals surface area contributed by atoms with Crippen LogP contribution >= 0.6 is 0 Å². The highest BCUT2D eigenvalue weighted by molar-refractivity contribution is 4.96. The topological polar surface area (TPSA) is 46.2 Å². The molecule has 0 aliphatic heterocycles. The molecule has 3 N–H and O–H groups in total. The summed E-state index contributed by atoms with van der Waals surface area (Å²) in [5.74, 6) is 0. The van der Waals surface area contributed by atoms with Crippen molar-refractivity contribution < 1.29 is 5.11 Å². The molecule has 0 bridgehead atoms. The number of hydrogen-bond acceptors (Lipinski definition) is 2. The van der Waals surface area contributed by atoms with Gasteiger partial charge in [-0.1, -0.05) is 27.2 Å². The molecule has 84 valence electrons. The second kappa shape index (κ2) is 4.19. The van der Waals surface area contributed by atoms with Crippen molar-refractivity contribution in [1.29, 1.82) is 0 Å². The largest absolute Gasteiger partial charge is 0.393 e. The molecule has 0 atom stereocenters. The zero-order chi connectivity index (χ0) is 10.8. The van der Waals surface area contributed by atoms with E-state index in [0.29, 0.717) is 5.41 Å². The van der Waals surface area contributed by atoms with Gasteiger partial charge in [0.15, 0.2) is 0 Å². The molecule has 0 aromatic carbocycles. The lowest BCUT2D eigenvalue weighted by Crippen LogP contribution is -2.46. The minimum atomic E-state index is -0.0812. The van der Waals surface area contributed by atoms with Crippen LogP contribution < -0.4 is 5.73 Å². The van der Waals surface area contributed by atoms with Gasteiger partial charge in [-0.3, -0.25) is 0 Å². The van der Waals surface area contributed by atoms with Gasteiger partial charge in [-0.05, 0) is 43.1 Å². The first-order valence-corrected chi connectivity index (χ1v) is 5.85. The van der Waals surface area contributed by atoms with Gasteiger partial charge < -0.3 is 10.8 Å². The molecule has 1 aliphatic rings. The van der Waals surface area contributed by atoms with E-state index in [4.69, 9.17) is 5.73 Å². The van der Waals surface area contributed by atoms with E-state index in [0.717, 1.165) is 32.2 Å². The molecule has 0 aromatic rings. The zero-order valence-corrected chi connectivity index (χ0v) is 9.84. The minimum absolute atomic E-state index is 0.0812. The highest BCUT2D eigenvalue weighted by Crippen LogP contribution is 2.50. The predicted octanol–water partition coefficient (Wildman–Crippen LogP) is 2.30. The van der Waals surface area contributed by atoms with E-state index >= 15 is 0 Å². The van der Waals surface area contributed by atoms with E-state index in [2.05, 4.69) is 20.8 Å². The van der Waals surface area contributed by atoms with E-state index < -0.39 is 0 Å². The lowest BCUT2D eigenvalue weighted by Gasteiger charge is -2.49. The fourth-order valence-electron chi connectivity index (χ4n) is 2.69. The molecule has 1 fully saturated rings. The maximum atomic E-state index is 9.53. The Balaban J connectivity index is 2.77. The monoisotopic (exact) mass is 199 g/mol. The van der Waals surface area contributed by atoms with Crippen molar-refractivity contribution in [3.8, 4) is 0 Å². The SMILES string of the molecule is CCC(C)(C)C1(CN)CCC(O)CC1. The molecule has 2 nitrogen and oxygen atoms in total. The summed E-state index contributed by atoms with van der Waals surface area (Å²) >= 11 is 0. The average Bonchev–Trinajstić information content (AvgIpc) is 2.19. The van der Waals surface area contributed by atoms with E-state index in [1.54, 1.807) is 0 Å². The van der Waals surface area contributed by atoms with Crippen molar-refractivity contribution >= 4 is 0 Å². The number of hydrogen-bond donors (Lipinski definition) is 2. The average molecular weight is 199 g/mol. The van der Waals surface area contributed by atoms with E-state index in [9.17, 15) is 5.11 Å². The quantitative estimate of drug-likeness (QED) is 0.732. The first kappa shape index (κ1) is 12.0. The molecular formula is C12H25NO. The predicted molar refractivity (Wildman–Crippen MR) is 60.0 cm³/mol. The van der Waals surface area contributed by atoms with E-state index in [1.165, 1.54) is 6.42 Å². The molecule has 0 spiro atoms. The number of aliphatic hydroxyl groups is 1.